The zero-order chi connectivity index (χ0) is 16.2. The third-order valence-corrected chi connectivity index (χ3v) is 5.61. The Morgan fingerprint density at radius 1 is 1.00 bits per heavy atom. The van der Waals surface area contributed by atoms with Crippen LogP contribution in [0.25, 0.3) is 0 Å². The first-order chi connectivity index (χ1) is 10.9. The molecule has 3 aliphatic rings. The van der Waals surface area contributed by atoms with E-state index in [2.05, 4.69) is 45.4 Å². The second-order valence-electron chi connectivity index (χ2n) is 7.92. The maximum absolute atomic E-state index is 12.5. The number of quaternary nitrogens is 1. The van der Waals surface area contributed by atoms with Gasteiger partial charge in [-0.15, -0.1) is 0 Å². The van der Waals surface area contributed by atoms with E-state index in [9.17, 15) is 4.79 Å². The zero-order valence-electron chi connectivity index (χ0n) is 14.0. The lowest BCUT2D eigenvalue weighted by Gasteiger charge is -2.26. The van der Waals surface area contributed by atoms with E-state index < -0.39 is 0 Å². The second kappa shape index (κ2) is 5.07. The summed E-state index contributed by atoms with van der Waals surface area (Å²) in [5.41, 5.74) is 1.80. The third kappa shape index (κ3) is 2.43. The highest BCUT2D eigenvalue weighted by atomic mass is 16.5. The Balaban J connectivity index is 1.46. The van der Waals surface area contributed by atoms with Crippen molar-refractivity contribution in [1.29, 1.82) is 0 Å². The highest BCUT2D eigenvalue weighted by Crippen LogP contribution is 2.53. The molecular weight excluding hydrogens is 286 g/mol. The number of allylic oxidation sites excluding steroid dienone is 3. The van der Waals surface area contributed by atoms with E-state index in [0.29, 0.717) is 29.2 Å². The third-order valence-electron chi connectivity index (χ3n) is 5.61. The lowest BCUT2D eigenvalue weighted by Crippen LogP contribution is -2.34. The highest BCUT2D eigenvalue weighted by molar-refractivity contribution is 5.90. The van der Waals surface area contributed by atoms with Gasteiger partial charge in [-0.3, -0.25) is 4.48 Å². The van der Waals surface area contributed by atoms with Crippen LogP contribution in [0.5, 0.6) is 0 Å². The summed E-state index contributed by atoms with van der Waals surface area (Å²) in [5.74, 6) is 2.06. The summed E-state index contributed by atoms with van der Waals surface area (Å²) in [6, 6.07) is 7.75. The van der Waals surface area contributed by atoms with Gasteiger partial charge in [-0.2, -0.15) is 0 Å². The fourth-order valence-electron chi connectivity index (χ4n) is 4.35. The standard InChI is InChI=1S/C20H24NO2/c1-21(2,3)16-8-6-13(7-9-16)20(22)23-18-11-10-17-14-4-5-15(12-14)19(17)18/h4-11,14-15,17-19H,12H2,1-3H3/q+1/t14?,15?,17-,18+,19+/m0/s1. The summed E-state index contributed by atoms with van der Waals surface area (Å²) >= 11 is 0. The molecule has 3 aliphatic carbocycles. The van der Waals surface area contributed by atoms with E-state index in [1.807, 2.05) is 24.3 Å². The molecule has 4 rings (SSSR count). The minimum absolute atomic E-state index is 0.0643. The summed E-state index contributed by atoms with van der Waals surface area (Å²) in [5, 5.41) is 0. The first-order valence-electron chi connectivity index (χ1n) is 8.43. The molecule has 0 N–H and O–H groups in total. The Kier molecular flexibility index (Phi) is 3.24. The molecule has 1 fully saturated rings. The Hall–Kier alpha value is -1.87. The highest BCUT2D eigenvalue weighted by Gasteiger charge is 2.50. The largest absolute Gasteiger partial charge is 0.454 e. The summed E-state index contributed by atoms with van der Waals surface area (Å²) in [6.45, 7) is 0. The molecule has 120 valence electrons. The number of rotatable bonds is 3. The number of carbonyl (C=O) groups excluding carboxylic acids is 1. The van der Waals surface area contributed by atoms with Crippen LogP contribution in [-0.4, -0.2) is 33.2 Å². The van der Waals surface area contributed by atoms with Crippen molar-refractivity contribution >= 4 is 11.7 Å². The van der Waals surface area contributed by atoms with Crippen LogP contribution in [0.15, 0.2) is 48.6 Å². The van der Waals surface area contributed by atoms with Crippen LogP contribution in [0.4, 0.5) is 5.69 Å². The van der Waals surface area contributed by atoms with Gasteiger partial charge in [-0.25, -0.2) is 4.79 Å². The Bertz CT molecular complexity index is 681. The Morgan fingerprint density at radius 3 is 2.39 bits per heavy atom. The van der Waals surface area contributed by atoms with Crippen molar-refractivity contribution in [3.8, 4) is 0 Å². The van der Waals surface area contributed by atoms with Crippen molar-refractivity contribution in [1.82, 2.24) is 4.48 Å². The maximum atomic E-state index is 12.5. The second-order valence-corrected chi connectivity index (χ2v) is 7.92. The first kappa shape index (κ1) is 14.7. The minimum atomic E-state index is -0.208. The molecule has 1 aromatic rings. The first-order valence-corrected chi connectivity index (χ1v) is 8.43. The predicted octanol–water partition coefficient (Wildman–Crippen LogP) is 3.42. The number of benzene rings is 1. The molecule has 3 heteroatoms. The normalized spacial score (nSPS) is 34.0. The SMILES string of the molecule is C[N+](C)(C)c1ccc(C(=O)O[C@@H]2C=C[C@H]3C4C=CC(C4)[C@@H]23)cc1. The van der Waals surface area contributed by atoms with Gasteiger partial charge in [0.05, 0.1) is 26.7 Å². The van der Waals surface area contributed by atoms with E-state index >= 15 is 0 Å². The molecule has 0 spiro atoms. The number of hydrogen-bond acceptors (Lipinski definition) is 2. The van der Waals surface area contributed by atoms with Crippen molar-refractivity contribution in [2.75, 3.05) is 21.1 Å². The van der Waals surface area contributed by atoms with Gasteiger partial charge in [0, 0.05) is 5.92 Å². The lowest BCUT2D eigenvalue weighted by molar-refractivity contribution is 0.0240. The van der Waals surface area contributed by atoms with Crippen LogP contribution in [0.2, 0.25) is 0 Å². The molecule has 0 radical (unpaired) electrons. The summed E-state index contributed by atoms with van der Waals surface area (Å²) in [7, 11) is 6.33. The van der Waals surface area contributed by atoms with Crippen molar-refractivity contribution < 1.29 is 9.53 Å². The van der Waals surface area contributed by atoms with Gasteiger partial charge in [-0.1, -0.05) is 18.2 Å². The van der Waals surface area contributed by atoms with E-state index in [-0.39, 0.29) is 12.1 Å². The quantitative estimate of drug-likeness (QED) is 0.486. The Morgan fingerprint density at radius 2 is 1.70 bits per heavy atom. The number of hydrogen-bond donors (Lipinski definition) is 0. The van der Waals surface area contributed by atoms with Crippen LogP contribution >= 0.6 is 0 Å². The molecule has 1 aromatic carbocycles. The maximum Gasteiger partial charge on any atom is 0.338 e. The average Bonchev–Trinajstić information content (AvgIpc) is 3.20. The molecule has 5 atom stereocenters. The van der Waals surface area contributed by atoms with Crippen LogP contribution < -0.4 is 4.48 Å². The molecule has 1 saturated carbocycles. The van der Waals surface area contributed by atoms with Gasteiger partial charge in [-0.05, 0) is 54.5 Å². The average molecular weight is 310 g/mol. The fraction of sp³-hybridized carbons (Fsp3) is 0.450. The van der Waals surface area contributed by atoms with Gasteiger partial charge in [0.25, 0.3) is 0 Å². The monoisotopic (exact) mass is 310 g/mol. The number of carbonyl (C=O) groups is 1. The van der Waals surface area contributed by atoms with Crippen molar-refractivity contribution in [3.05, 3.63) is 54.1 Å². The summed E-state index contributed by atoms with van der Waals surface area (Å²) in [6.07, 6.45) is 10.2. The molecule has 0 amide bonds. The predicted molar refractivity (Wildman–Crippen MR) is 92.1 cm³/mol. The van der Waals surface area contributed by atoms with E-state index in [4.69, 9.17) is 4.74 Å². The zero-order valence-corrected chi connectivity index (χ0v) is 14.0. The van der Waals surface area contributed by atoms with Crippen molar-refractivity contribution in [2.24, 2.45) is 23.7 Å². The summed E-state index contributed by atoms with van der Waals surface area (Å²) < 4.78 is 6.56. The van der Waals surface area contributed by atoms with Crippen LogP contribution in [0, 0.1) is 23.7 Å². The van der Waals surface area contributed by atoms with Crippen LogP contribution in [0.3, 0.4) is 0 Å². The number of esters is 1. The van der Waals surface area contributed by atoms with Crippen LogP contribution in [-0.2, 0) is 4.74 Å². The molecule has 0 aromatic heterocycles. The van der Waals surface area contributed by atoms with Gasteiger partial charge < -0.3 is 4.74 Å². The number of ether oxygens (including phenoxy) is 1. The smallest absolute Gasteiger partial charge is 0.338 e. The molecule has 0 heterocycles. The van der Waals surface area contributed by atoms with Gasteiger partial charge in [0.15, 0.2) is 0 Å². The molecule has 2 unspecified atom stereocenters. The molecule has 0 aliphatic heterocycles. The molecule has 0 saturated heterocycles. The number of nitrogens with zero attached hydrogens (tertiary/aromatic N) is 1. The molecular formula is C20H24NO2+. The van der Waals surface area contributed by atoms with Crippen molar-refractivity contribution in [3.63, 3.8) is 0 Å². The van der Waals surface area contributed by atoms with Crippen LogP contribution in [0.1, 0.15) is 16.8 Å². The molecule has 3 nitrogen and oxygen atoms in total. The Labute approximate surface area is 137 Å². The topological polar surface area (TPSA) is 26.3 Å². The van der Waals surface area contributed by atoms with E-state index in [1.54, 1.807) is 0 Å². The minimum Gasteiger partial charge on any atom is -0.454 e. The molecule has 23 heavy (non-hydrogen) atoms. The number of fused-ring (bicyclic) bond motifs is 5. The lowest BCUT2D eigenvalue weighted by atomic mass is 9.84. The fourth-order valence-corrected chi connectivity index (χ4v) is 4.35. The summed E-state index contributed by atoms with van der Waals surface area (Å²) in [4.78, 5) is 12.5. The van der Waals surface area contributed by atoms with E-state index in [0.717, 1.165) is 4.48 Å². The van der Waals surface area contributed by atoms with Crippen molar-refractivity contribution in [2.45, 2.75) is 12.5 Å². The van der Waals surface area contributed by atoms with E-state index in [1.165, 1.54) is 12.1 Å². The van der Waals surface area contributed by atoms with Gasteiger partial charge in [0.1, 0.15) is 11.8 Å². The molecule has 2 bridgehead atoms. The van der Waals surface area contributed by atoms with Gasteiger partial charge in [0.2, 0.25) is 0 Å². The van der Waals surface area contributed by atoms with Gasteiger partial charge >= 0.3 is 5.97 Å².